The van der Waals surface area contributed by atoms with Crippen molar-refractivity contribution in [2.45, 2.75) is 121 Å². The highest BCUT2D eigenvalue weighted by Gasteiger charge is 2.51. The van der Waals surface area contributed by atoms with E-state index in [0.29, 0.717) is 25.8 Å². The van der Waals surface area contributed by atoms with Gasteiger partial charge in [0.05, 0.1) is 0 Å². The van der Waals surface area contributed by atoms with E-state index in [1.165, 1.54) is 0 Å². The van der Waals surface area contributed by atoms with E-state index in [9.17, 15) is 24.0 Å². The van der Waals surface area contributed by atoms with E-state index in [0.717, 1.165) is 21.5 Å². The van der Waals surface area contributed by atoms with Crippen molar-refractivity contribution in [2.24, 2.45) is 0 Å². The molecule has 3 aromatic carbocycles. The number of hydrogen-bond donors (Lipinski definition) is 3. The number of carbonyl (C=O) groups is 5. The smallest absolute Gasteiger partial charge is 0.262 e. The molecule has 2 aliphatic heterocycles. The van der Waals surface area contributed by atoms with Gasteiger partial charge in [-0.2, -0.15) is 0 Å². The Balaban J connectivity index is 1.29. The second kappa shape index (κ2) is 19.1. The number of nitrogens with one attached hydrogen (secondary N) is 3. The molecule has 11 heteroatoms. The van der Waals surface area contributed by atoms with Crippen molar-refractivity contribution in [1.29, 1.82) is 0 Å². The number of carbonyl (C=O) groups excluding carboxylic acids is 5. The number of benzene rings is 3. The molecule has 308 valence electrons. The first-order valence-corrected chi connectivity index (χ1v) is 22.5. The van der Waals surface area contributed by atoms with Gasteiger partial charge in [0.15, 0.2) is 5.78 Å². The molecule has 10 nitrogen and oxygen atoms in total. The first-order chi connectivity index (χ1) is 27.6. The van der Waals surface area contributed by atoms with Crippen LogP contribution in [0, 0.1) is 0 Å². The zero-order valence-electron chi connectivity index (χ0n) is 34.9. The van der Waals surface area contributed by atoms with Crippen LogP contribution in [0.2, 0.25) is 5.04 Å². The first kappa shape index (κ1) is 44.0. The van der Waals surface area contributed by atoms with Crippen molar-refractivity contribution in [3.63, 3.8) is 0 Å². The monoisotopic (exact) mass is 804 g/mol. The fourth-order valence-electron chi connectivity index (χ4n) is 8.02. The van der Waals surface area contributed by atoms with Crippen molar-refractivity contribution in [3.8, 4) is 0 Å². The van der Waals surface area contributed by atoms with Gasteiger partial charge in [-0.3, -0.25) is 24.0 Å². The van der Waals surface area contributed by atoms with Crippen LogP contribution in [0.3, 0.4) is 0 Å². The van der Waals surface area contributed by atoms with Gasteiger partial charge in [-0.1, -0.05) is 137 Å². The molecule has 0 unspecified atom stereocenters. The highest BCUT2D eigenvalue weighted by molar-refractivity contribution is 6.99. The van der Waals surface area contributed by atoms with Gasteiger partial charge in [0, 0.05) is 19.4 Å². The van der Waals surface area contributed by atoms with Crippen LogP contribution < -0.4 is 26.3 Å². The maximum absolute atomic E-state index is 14.1. The molecule has 5 atom stereocenters. The van der Waals surface area contributed by atoms with Crippen LogP contribution >= 0.6 is 0 Å². The van der Waals surface area contributed by atoms with Crippen LogP contribution in [-0.2, 0) is 34.8 Å². The number of nitrogens with zero attached hydrogens (tertiary/aromatic N) is 1. The molecule has 4 amide bonds. The van der Waals surface area contributed by atoms with Crippen molar-refractivity contribution in [1.82, 2.24) is 20.9 Å². The Bertz CT molecular complexity index is 1920. The van der Waals surface area contributed by atoms with Crippen molar-refractivity contribution in [3.05, 3.63) is 115 Å². The Labute approximate surface area is 345 Å². The first-order valence-electron chi connectivity index (χ1n) is 20.5. The van der Waals surface area contributed by atoms with Crippen LogP contribution in [0.5, 0.6) is 0 Å². The Hall–Kier alpha value is -5.13. The quantitative estimate of drug-likeness (QED) is 0.148. The molecule has 0 radical (unpaired) electrons. The molecular weight excluding hydrogens is 745 g/mol. The van der Waals surface area contributed by atoms with E-state index < -0.39 is 55.8 Å². The molecule has 0 saturated carbocycles. The number of ketones is 1. The third-order valence-electron chi connectivity index (χ3n) is 11.7. The number of rotatable bonds is 14. The molecule has 0 aliphatic carbocycles. The van der Waals surface area contributed by atoms with Gasteiger partial charge in [0.1, 0.15) is 29.8 Å². The molecule has 2 saturated heterocycles. The van der Waals surface area contributed by atoms with E-state index in [1.807, 2.05) is 73.7 Å². The van der Waals surface area contributed by atoms with Crippen LogP contribution in [0.1, 0.15) is 91.2 Å². The average Bonchev–Trinajstić information content (AvgIpc) is 3.72. The average molecular weight is 805 g/mol. The molecule has 3 aromatic rings. The highest BCUT2D eigenvalue weighted by atomic mass is 28.4. The standard InChI is InChI=1S/C47H60N4O6Si/c1-8-34-27-29-35(30-28-34)32-39-44(55)51-31-19-25-40(51)43(54)48-38(42(53)50-47(7,9-2)45(56)49-39)24-17-12-18-26-41(52)33(3)57-58(46(4,5)6,36-20-13-10-14-21-36)37-22-15-11-16-23-37/h8,10-16,18,20-23,27-30,33,38-40H,1,9,17,19,24-26,31-32H2,2-7H3,(H,48,54)(H,49,56)(H,50,53)/t33-,38+,39+,40-,47+/m1/s1. The van der Waals surface area contributed by atoms with Crippen LogP contribution in [0.15, 0.2) is 104 Å². The lowest BCUT2D eigenvalue weighted by Crippen LogP contribution is -2.68. The lowest BCUT2D eigenvalue weighted by Gasteiger charge is -2.44. The van der Waals surface area contributed by atoms with Gasteiger partial charge in [0.2, 0.25) is 23.6 Å². The minimum Gasteiger partial charge on any atom is -0.398 e. The summed E-state index contributed by atoms with van der Waals surface area (Å²) in [5.41, 5.74) is 0.424. The largest absolute Gasteiger partial charge is 0.398 e. The summed E-state index contributed by atoms with van der Waals surface area (Å²) in [6, 6.07) is 25.3. The van der Waals surface area contributed by atoms with Crippen LogP contribution in [0.4, 0.5) is 0 Å². The summed E-state index contributed by atoms with van der Waals surface area (Å²) in [7, 11) is -2.93. The molecular formula is C47H60N4O6Si. The summed E-state index contributed by atoms with van der Waals surface area (Å²) < 4.78 is 7.00. The maximum atomic E-state index is 14.1. The van der Waals surface area contributed by atoms with Gasteiger partial charge in [0.25, 0.3) is 8.32 Å². The van der Waals surface area contributed by atoms with Gasteiger partial charge >= 0.3 is 0 Å². The fraction of sp³-hybridized carbons (Fsp3) is 0.426. The molecule has 5 rings (SSSR count). The van der Waals surface area contributed by atoms with Crippen molar-refractivity contribution < 1.29 is 28.4 Å². The normalized spacial score (nSPS) is 22.6. The third kappa shape index (κ3) is 9.93. The second-order valence-electron chi connectivity index (χ2n) is 16.7. The van der Waals surface area contributed by atoms with Crippen molar-refractivity contribution >= 4 is 54.2 Å². The molecule has 3 N–H and O–H groups in total. The molecule has 58 heavy (non-hydrogen) atoms. The van der Waals surface area contributed by atoms with Crippen LogP contribution in [-0.4, -0.2) is 78.9 Å². The molecule has 2 fully saturated rings. The summed E-state index contributed by atoms with van der Waals surface area (Å²) in [6.07, 6.45) is 6.96. The Kier molecular flexibility index (Phi) is 14.5. The second-order valence-corrected chi connectivity index (χ2v) is 21.0. The fourth-order valence-corrected chi connectivity index (χ4v) is 12.7. The van der Waals surface area contributed by atoms with Gasteiger partial charge in [-0.15, -0.1) is 0 Å². The minimum atomic E-state index is -2.93. The Morgan fingerprint density at radius 2 is 1.53 bits per heavy atom. The molecule has 0 aromatic heterocycles. The highest BCUT2D eigenvalue weighted by Crippen LogP contribution is 2.37. The zero-order valence-corrected chi connectivity index (χ0v) is 35.9. The van der Waals surface area contributed by atoms with E-state index >= 15 is 0 Å². The summed E-state index contributed by atoms with van der Waals surface area (Å²) >= 11 is 0. The minimum absolute atomic E-state index is 0.0657. The van der Waals surface area contributed by atoms with E-state index in [2.05, 4.69) is 67.6 Å². The van der Waals surface area contributed by atoms with Gasteiger partial charge in [-0.25, -0.2) is 0 Å². The summed E-state index contributed by atoms with van der Waals surface area (Å²) in [4.78, 5) is 71.0. The van der Waals surface area contributed by atoms with Crippen molar-refractivity contribution in [2.75, 3.05) is 6.54 Å². The predicted octanol–water partition coefficient (Wildman–Crippen LogP) is 5.39. The molecule has 0 bridgehead atoms. The number of amides is 4. The summed E-state index contributed by atoms with van der Waals surface area (Å²) in [5, 5.41) is 10.7. The zero-order chi connectivity index (χ0) is 42.1. The SMILES string of the molecule is C=Cc1ccc(C[C@@H]2NC(=O)[C@](C)(CC)NC(=O)[C@H](CCC=CCC(=O)[C@@H](C)O[Si](c3ccccc3)(c3ccccc3)C(C)(C)C)NC(=O)[C@H]3CCCN3C2=O)cc1. The lowest BCUT2D eigenvalue weighted by molar-refractivity contribution is -0.144. The van der Waals surface area contributed by atoms with E-state index in [1.54, 1.807) is 30.9 Å². The van der Waals surface area contributed by atoms with E-state index in [-0.39, 0.29) is 42.4 Å². The Morgan fingerprint density at radius 3 is 2.10 bits per heavy atom. The lowest BCUT2D eigenvalue weighted by atomic mass is 9.94. The third-order valence-corrected chi connectivity index (χ3v) is 16.8. The predicted molar refractivity (Wildman–Crippen MR) is 232 cm³/mol. The topological polar surface area (TPSA) is 134 Å². The molecule has 0 spiro atoms. The van der Waals surface area contributed by atoms with Gasteiger partial charge < -0.3 is 25.3 Å². The summed E-state index contributed by atoms with van der Waals surface area (Å²) in [5.74, 6) is -1.76. The maximum Gasteiger partial charge on any atom is 0.262 e. The molecule has 2 aliphatic rings. The van der Waals surface area contributed by atoms with Crippen LogP contribution in [0.25, 0.3) is 6.08 Å². The number of allylic oxidation sites excluding steroid dienone is 2. The van der Waals surface area contributed by atoms with Gasteiger partial charge in [-0.05, 0) is 72.5 Å². The number of Topliss-reactive ketones (excluding diaryl/α,β-unsaturated/α-hetero) is 1. The number of hydrogen-bond acceptors (Lipinski definition) is 6. The van der Waals surface area contributed by atoms with E-state index in [4.69, 9.17) is 4.43 Å². The molecule has 2 heterocycles. The Morgan fingerprint density at radius 1 is 0.914 bits per heavy atom. The summed E-state index contributed by atoms with van der Waals surface area (Å²) in [6.45, 7) is 15.9. The number of fused-ring (bicyclic) bond motifs is 1.